The number of hydrogen-bond acceptors (Lipinski definition) is 4. The lowest BCUT2D eigenvalue weighted by Crippen LogP contribution is -2.29. The number of amides is 1. The molecule has 6 heteroatoms. The van der Waals surface area contributed by atoms with Crippen molar-refractivity contribution in [1.29, 1.82) is 0 Å². The normalized spacial score (nSPS) is 12.0. The molecule has 0 aliphatic rings. The fourth-order valence-electron chi connectivity index (χ4n) is 3.33. The van der Waals surface area contributed by atoms with E-state index in [1.54, 1.807) is 28.3 Å². The SMILES string of the molecule is O=C(CCCn1cnc2ccccc2c1=O)NC(c1ccccc1)c1cccs1. The number of thiophene rings is 1. The Kier molecular flexibility index (Phi) is 5.81. The zero-order valence-electron chi connectivity index (χ0n) is 15.8. The van der Waals surface area contributed by atoms with Crippen LogP contribution in [0.2, 0.25) is 0 Å². The van der Waals surface area contributed by atoms with Gasteiger partial charge in [-0.25, -0.2) is 4.98 Å². The number of para-hydroxylation sites is 1. The number of hydrogen-bond donors (Lipinski definition) is 1. The first-order valence-electron chi connectivity index (χ1n) is 9.54. The average Bonchev–Trinajstić information content (AvgIpc) is 3.29. The molecule has 0 saturated heterocycles. The Hall–Kier alpha value is -3.25. The zero-order valence-corrected chi connectivity index (χ0v) is 16.6. The van der Waals surface area contributed by atoms with Crippen LogP contribution in [0.1, 0.15) is 29.3 Å². The fraction of sp³-hybridized carbons (Fsp3) is 0.174. The van der Waals surface area contributed by atoms with Gasteiger partial charge in [0.1, 0.15) is 0 Å². The van der Waals surface area contributed by atoms with Gasteiger partial charge in [-0.2, -0.15) is 0 Å². The molecule has 4 rings (SSSR count). The van der Waals surface area contributed by atoms with Crippen LogP contribution in [0.5, 0.6) is 0 Å². The van der Waals surface area contributed by atoms with E-state index in [-0.39, 0.29) is 17.5 Å². The summed E-state index contributed by atoms with van der Waals surface area (Å²) in [5.74, 6) is -0.0333. The zero-order chi connectivity index (χ0) is 20.1. The first kappa shape index (κ1) is 19.1. The molecule has 2 aromatic carbocycles. The molecule has 146 valence electrons. The van der Waals surface area contributed by atoms with E-state index in [9.17, 15) is 9.59 Å². The number of carbonyl (C=O) groups is 1. The van der Waals surface area contributed by atoms with Crippen molar-refractivity contribution in [3.05, 3.63) is 99.2 Å². The van der Waals surface area contributed by atoms with Crippen molar-refractivity contribution in [2.24, 2.45) is 0 Å². The molecule has 5 nitrogen and oxygen atoms in total. The van der Waals surface area contributed by atoms with Crippen molar-refractivity contribution in [2.45, 2.75) is 25.4 Å². The van der Waals surface area contributed by atoms with Gasteiger partial charge in [0.15, 0.2) is 0 Å². The van der Waals surface area contributed by atoms with Crippen LogP contribution < -0.4 is 10.9 Å². The summed E-state index contributed by atoms with van der Waals surface area (Å²) in [5, 5.41) is 5.74. The smallest absolute Gasteiger partial charge is 0.261 e. The molecule has 29 heavy (non-hydrogen) atoms. The topological polar surface area (TPSA) is 64.0 Å². The molecular weight excluding hydrogens is 382 g/mol. The highest BCUT2D eigenvalue weighted by Gasteiger charge is 2.17. The first-order chi connectivity index (χ1) is 14.2. The first-order valence-corrected chi connectivity index (χ1v) is 10.4. The number of benzene rings is 2. The Balaban J connectivity index is 1.40. The summed E-state index contributed by atoms with van der Waals surface area (Å²) in [6.45, 7) is 0.457. The molecule has 2 aromatic heterocycles. The fourth-order valence-corrected chi connectivity index (χ4v) is 4.13. The predicted octanol–water partition coefficient (Wildman–Crippen LogP) is 4.14. The molecule has 0 saturated carbocycles. The van der Waals surface area contributed by atoms with E-state index in [1.807, 2.05) is 66.0 Å². The number of aryl methyl sites for hydroxylation is 1. The van der Waals surface area contributed by atoms with Crippen molar-refractivity contribution in [1.82, 2.24) is 14.9 Å². The van der Waals surface area contributed by atoms with Gasteiger partial charge in [-0.1, -0.05) is 48.5 Å². The number of carbonyl (C=O) groups excluding carboxylic acids is 1. The Morgan fingerprint density at radius 3 is 2.62 bits per heavy atom. The molecule has 1 atom stereocenters. The summed E-state index contributed by atoms with van der Waals surface area (Å²) in [6, 6.07) is 21.1. The number of aromatic nitrogens is 2. The average molecular weight is 404 g/mol. The maximum Gasteiger partial charge on any atom is 0.261 e. The van der Waals surface area contributed by atoms with E-state index in [0.717, 1.165) is 10.4 Å². The number of fused-ring (bicyclic) bond motifs is 1. The predicted molar refractivity (Wildman–Crippen MR) is 116 cm³/mol. The summed E-state index contributed by atoms with van der Waals surface area (Å²) in [4.78, 5) is 30.6. The summed E-state index contributed by atoms with van der Waals surface area (Å²) in [7, 11) is 0. The maximum atomic E-state index is 12.6. The van der Waals surface area contributed by atoms with Crippen LogP contribution in [0.3, 0.4) is 0 Å². The Bertz CT molecular complexity index is 1150. The van der Waals surface area contributed by atoms with Crippen LogP contribution in [0, 0.1) is 0 Å². The van der Waals surface area contributed by atoms with E-state index in [1.165, 1.54) is 0 Å². The Morgan fingerprint density at radius 1 is 1.03 bits per heavy atom. The van der Waals surface area contributed by atoms with E-state index in [0.29, 0.717) is 30.3 Å². The molecule has 0 fully saturated rings. The van der Waals surface area contributed by atoms with Crippen molar-refractivity contribution >= 4 is 28.1 Å². The molecule has 0 aliphatic carbocycles. The lowest BCUT2D eigenvalue weighted by Gasteiger charge is -2.18. The largest absolute Gasteiger partial charge is 0.344 e. The Labute approximate surface area is 172 Å². The molecule has 0 spiro atoms. The summed E-state index contributed by atoms with van der Waals surface area (Å²) >= 11 is 1.62. The van der Waals surface area contributed by atoms with E-state index in [4.69, 9.17) is 0 Å². The third-order valence-corrected chi connectivity index (χ3v) is 5.74. The minimum atomic E-state index is -0.159. The summed E-state index contributed by atoms with van der Waals surface area (Å²) in [6.07, 6.45) is 2.46. The molecular formula is C23H21N3O2S. The molecule has 0 aliphatic heterocycles. The Morgan fingerprint density at radius 2 is 1.83 bits per heavy atom. The van der Waals surface area contributed by atoms with Crippen molar-refractivity contribution in [3.8, 4) is 0 Å². The molecule has 2 heterocycles. The van der Waals surface area contributed by atoms with Gasteiger partial charge in [-0.05, 0) is 35.6 Å². The quantitative estimate of drug-likeness (QED) is 0.504. The van der Waals surface area contributed by atoms with Crippen LogP contribution in [-0.4, -0.2) is 15.5 Å². The maximum absolute atomic E-state index is 12.6. The van der Waals surface area contributed by atoms with Crippen LogP contribution in [0.4, 0.5) is 0 Å². The van der Waals surface area contributed by atoms with Gasteiger partial charge in [-0.3, -0.25) is 14.2 Å². The number of rotatable bonds is 7. The third-order valence-electron chi connectivity index (χ3n) is 4.80. The lowest BCUT2D eigenvalue weighted by atomic mass is 10.1. The summed E-state index contributed by atoms with van der Waals surface area (Å²) in [5.41, 5.74) is 1.67. The monoisotopic (exact) mass is 403 g/mol. The number of nitrogens with one attached hydrogen (secondary N) is 1. The second-order valence-corrected chi connectivity index (χ2v) is 7.77. The highest BCUT2D eigenvalue weighted by molar-refractivity contribution is 7.10. The van der Waals surface area contributed by atoms with Gasteiger partial charge < -0.3 is 5.32 Å². The molecule has 1 amide bonds. The van der Waals surface area contributed by atoms with Gasteiger partial charge in [0.25, 0.3) is 5.56 Å². The third kappa shape index (κ3) is 4.43. The van der Waals surface area contributed by atoms with Crippen LogP contribution >= 0.6 is 11.3 Å². The number of nitrogens with zero attached hydrogens (tertiary/aromatic N) is 2. The van der Waals surface area contributed by atoms with E-state index < -0.39 is 0 Å². The van der Waals surface area contributed by atoms with E-state index >= 15 is 0 Å². The van der Waals surface area contributed by atoms with Crippen molar-refractivity contribution < 1.29 is 4.79 Å². The molecule has 1 unspecified atom stereocenters. The molecule has 0 radical (unpaired) electrons. The lowest BCUT2D eigenvalue weighted by molar-refractivity contribution is -0.121. The second-order valence-electron chi connectivity index (χ2n) is 6.79. The van der Waals surface area contributed by atoms with Gasteiger partial charge in [0, 0.05) is 17.8 Å². The highest BCUT2D eigenvalue weighted by atomic mass is 32.1. The van der Waals surface area contributed by atoms with E-state index in [2.05, 4.69) is 10.3 Å². The summed E-state index contributed by atoms with van der Waals surface area (Å²) < 4.78 is 1.57. The van der Waals surface area contributed by atoms with Gasteiger partial charge >= 0.3 is 0 Å². The van der Waals surface area contributed by atoms with Crippen LogP contribution in [0.15, 0.2) is 83.2 Å². The minimum Gasteiger partial charge on any atom is -0.344 e. The highest BCUT2D eigenvalue weighted by Crippen LogP contribution is 2.26. The molecule has 4 aromatic rings. The molecule has 0 bridgehead atoms. The van der Waals surface area contributed by atoms with Gasteiger partial charge in [-0.15, -0.1) is 11.3 Å². The second kappa shape index (κ2) is 8.84. The van der Waals surface area contributed by atoms with Gasteiger partial charge in [0.2, 0.25) is 5.91 Å². The van der Waals surface area contributed by atoms with Crippen molar-refractivity contribution in [3.63, 3.8) is 0 Å². The van der Waals surface area contributed by atoms with Crippen LogP contribution in [-0.2, 0) is 11.3 Å². The van der Waals surface area contributed by atoms with Crippen LogP contribution in [0.25, 0.3) is 10.9 Å². The minimum absolute atomic E-state index is 0.0333. The van der Waals surface area contributed by atoms with Gasteiger partial charge in [0.05, 0.1) is 23.3 Å². The standard InChI is InChI=1S/C23H21N3O2S/c27-21(25-22(20-12-7-15-29-20)17-8-2-1-3-9-17)13-6-14-26-16-24-19-11-5-4-10-18(19)23(26)28/h1-5,7-12,15-16,22H,6,13-14H2,(H,25,27). The molecule has 1 N–H and O–H groups in total. The van der Waals surface area contributed by atoms with Crippen molar-refractivity contribution in [2.75, 3.05) is 0 Å².